The molecule has 2 rings (SSSR count). The van der Waals surface area contributed by atoms with E-state index in [-0.39, 0.29) is 62.7 Å². The number of phenols is 1. The average molecular weight is 540 g/mol. The summed E-state index contributed by atoms with van der Waals surface area (Å²) in [6, 6.07) is 2.01. The van der Waals surface area contributed by atoms with Crippen LogP contribution >= 0.6 is 0 Å². The van der Waals surface area contributed by atoms with Crippen molar-refractivity contribution in [1.82, 2.24) is 0 Å². The summed E-state index contributed by atoms with van der Waals surface area (Å²) in [7, 11) is 3.87. The molecule has 8 heteroatoms. The molecule has 0 fully saturated rings. The Morgan fingerprint density at radius 1 is 1.13 bits per heavy atom. The van der Waals surface area contributed by atoms with Crippen LogP contribution in [0.2, 0.25) is 0 Å². The fourth-order valence-corrected chi connectivity index (χ4v) is 5.99. The molecule has 0 aromatic heterocycles. The lowest BCUT2D eigenvalue weighted by Crippen LogP contribution is -2.33. The number of carbonyl (C=O) groups excluding carboxylic acids is 3. The molecule has 0 heterocycles. The van der Waals surface area contributed by atoms with Crippen molar-refractivity contribution in [3.05, 3.63) is 22.8 Å². The Balaban J connectivity index is 0. The molecule has 0 radical (unpaired) electrons. The Morgan fingerprint density at radius 3 is 2.32 bits per heavy atom. The summed E-state index contributed by atoms with van der Waals surface area (Å²) >= 11 is 0. The fraction of sp³-hybridized carbons (Fsp3) is 0.700. The van der Waals surface area contributed by atoms with Crippen LogP contribution in [0.5, 0.6) is 5.75 Å². The van der Waals surface area contributed by atoms with E-state index in [1.165, 1.54) is 6.92 Å². The summed E-state index contributed by atoms with van der Waals surface area (Å²) in [6.45, 7) is 5.22. The van der Waals surface area contributed by atoms with E-state index in [1.54, 1.807) is 0 Å². The van der Waals surface area contributed by atoms with Crippen LogP contribution in [0.15, 0.2) is 6.07 Å². The predicted octanol–water partition coefficient (Wildman–Crippen LogP) is 4.17. The van der Waals surface area contributed by atoms with Crippen molar-refractivity contribution in [3.63, 3.8) is 0 Å². The van der Waals surface area contributed by atoms with Crippen LogP contribution in [0.4, 0.5) is 5.69 Å². The molecule has 220 valence electrons. The molecule has 3 atom stereocenters. The van der Waals surface area contributed by atoms with Crippen LogP contribution in [-0.2, 0) is 22.4 Å². The van der Waals surface area contributed by atoms with Crippen LogP contribution < -0.4 is 4.90 Å². The van der Waals surface area contributed by atoms with E-state index < -0.39 is 12.5 Å². The maximum atomic E-state index is 13.4. The second-order valence-corrected chi connectivity index (χ2v) is 11.1. The molecule has 1 aliphatic carbocycles. The van der Waals surface area contributed by atoms with Gasteiger partial charge in [-0.05, 0) is 74.0 Å². The molecule has 0 saturated carbocycles. The molecule has 0 spiro atoms. The van der Waals surface area contributed by atoms with Gasteiger partial charge in [0.2, 0.25) is 0 Å². The van der Waals surface area contributed by atoms with E-state index in [4.69, 9.17) is 0 Å². The molecule has 5 N–H and O–H groups in total. The topological polar surface area (TPSA) is 147 Å². The van der Waals surface area contributed by atoms with Crippen molar-refractivity contribution in [1.29, 1.82) is 0 Å². The number of rotatable bonds is 16. The van der Waals surface area contributed by atoms with Gasteiger partial charge in [0.25, 0.3) is 0 Å². The van der Waals surface area contributed by atoms with E-state index in [0.717, 1.165) is 48.9 Å². The predicted molar refractivity (Wildman–Crippen MR) is 154 cm³/mol. The third-order valence-electron chi connectivity index (χ3n) is 8.14. The minimum absolute atomic E-state index is 0. The first-order valence-electron chi connectivity index (χ1n) is 13.9. The highest BCUT2D eigenvalue weighted by Crippen LogP contribution is 2.42. The van der Waals surface area contributed by atoms with Gasteiger partial charge in [0.1, 0.15) is 17.3 Å². The molecule has 1 aromatic carbocycles. The molecule has 0 saturated heterocycles. The molecule has 8 nitrogen and oxygen atoms in total. The van der Waals surface area contributed by atoms with Crippen LogP contribution in [0.3, 0.4) is 0 Å². The van der Waals surface area contributed by atoms with E-state index in [2.05, 4.69) is 13.8 Å². The smallest absolute Gasteiger partial charge is 0.167 e. The zero-order chi connectivity index (χ0) is 27.7. The number of hydrogen-bond donors (Lipinski definition) is 3. The third-order valence-corrected chi connectivity index (χ3v) is 8.14. The van der Waals surface area contributed by atoms with Gasteiger partial charge in [-0.1, -0.05) is 33.1 Å². The van der Waals surface area contributed by atoms with E-state index in [9.17, 15) is 29.7 Å². The minimum Gasteiger partial charge on any atom is -0.507 e. The van der Waals surface area contributed by atoms with Gasteiger partial charge in [-0.2, -0.15) is 0 Å². The molecule has 0 aliphatic heterocycles. The lowest BCUT2D eigenvalue weighted by molar-refractivity contribution is -0.131. The minimum atomic E-state index is -0.744. The summed E-state index contributed by atoms with van der Waals surface area (Å²) in [5.41, 5.74) is 2.98. The number of phenolic OH excluding ortho intramolecular Hbond substituents is 1. The van der Waals surface area contributed by atoms with E-state index >= 15 is 0 Å². The number of aryl methyl sites for hydroxylation is 1. The van der Waals surface area contributed by atoms with Crippen LogP contribution in [-0.4, -0.2) is 65.5 Å². The Bertz CT molecular complexity index is 950. The fourth-order valence-electron chi connectivity index (χ4n) is 5.99. The number of aromatic hydroxyl groups is 1. The number of ketones is 3. The molecule has 0 bridgehead atoms. The second-order valence-electron chi connectivity index (χ2n) is 11.1. The molecule has 38 heavy (non-hydrogen) atoms. The number of hydrogen-bond acceptors (Lipinski definition) is 7. The monoisotopic (exact) mass is 539 g/mol. The van der Waals surface area contributed by atoms with Gasteiger partial charge in [0, 0.05) is 41.6 Å². The Morgan fingerprint density at radius 2 is 1.79 bits per heavy atom. The van der Waals surface area contributed by atoms with Crippen molar-refractivity contribution in [2.24, 2.45) is 23.7 Å². The van der Waals surface area contributed by atoms with Crippen molar-refractivity contribution >= 4 is 23.0 Å². The molecule has 1 aromatic rings. The molecule has 0 amide bonds. The van der Waals surface area contributed by atoms with Crippen molar-refractivity contribution < 1.29 is 38.0 Å². The quantitative estimate of drug-likeness (QED) is 0.267. The zero-order valence-corrected chi connectivity index (χ0v) is 23.9. The maximum absolute atomic E-state index is 13.4. The summed E-state index contributed by atoms with van der Waals surface area (Å²) in [4.78, 5) is 39.5. The SMILES string of the molecule is CCC(CC)CCCc1cc(N(C)C)c2c(c1O)C(=O)CC(CC(CCO)C(CO)C(=O)CC(C)=O)C2.O.[HH].[HH]. The standard InChI is InChI=1S/C30H47NO6.H2O.2H2/c1-6-20(7-2)9-8-10-23-17-26(31(4)5)24-15-21(16-28(36)29(24)30(23)37)14-22(11-12-32)25(18-33)27(35)13-19(3)34;;;/h17,20-22,25,32-33,37H,6-16,18H2,1-5H3;1H2;2*1H. The highest BCUT2D eigenvalue weighted by atomic mass is 16.3. The number of aliphatic hydroxyl groups is 2. The summed E-state index contributed by atoms with van der Waals surface area (Å²) < 4.78 is 0. The first-order valence-corrected chi connectivity index (χ1v) is 13.9. The van der Waals surface area contributed by atoms with E-state index in [1.807, 2.05) is 25.1 Å². The first kappa shape index (κ1) is 33.7. The van der Waals surface area contributed by atoms with Gasteiger partial charge in [-0.25, -0.2) is 0 Å². The number of nitrogens with zero attached hydrogens (tertiary/aromatic N) is 1. The number of carbonyl (C=O) groups is 3. The van der Waals surface area contributed by atoms with E-state index in [0.29, 0.717) is 30.7 Å². The Labute approximate surface area is 230 Å². The summed E-state index contributed by atoms with van der Waals surface area (Å²) in [5, 5.41) is 30.7. The summed E-state index contributed by atoms with van der Waals surface area (Å²) in [5.74, 6) is -1.07. The Kier molecular flexibility index (Phi) is 14.2. The van der Waals surface area contributed by atoms with Crippen molar-refractivity contribution in [2.75, 3.05) is 32.2 Å². The second kappa shape index (κ2) is 16.0. The van der Waals surface area contributed by atoms with Gasteiger partial charge in [-0.3, -0.25) is 14.4 Å². The molecule has 1 aliphatic rings. The number of Topliss-reactive ketones (excluding diaryl/α,β-unsaturated/α-hetero) is 3. The molecular formula is C30H53NO7. The van der Waals surface area contributed by atoms with Gasteiger partial charge in [-0.15, -0.1) is 0 Å². The van der Waals surface area contributed by atoms with Crippen molar-refractivity contribution in [2.45, 2.75) is 85.0 Å². The van der Waals surface area contributed by atoms with Gasteiger partial charge in [0.15, 0.2) is 5.78 Å². The van der Waals surface area contributed by atoms with Crippen molar-refractivity contribution in [3.8, 4) is 5.75 Å². The summed E-state index contributed by atoms with van der Waals surface area (Å²) in [6.07, 6.45) is 6.43. The van der Waals surface area contributed by atoms with Gasteiger partial charge >= 0.3 is 0 Å². The van der Waals surface area contributed by atoms with Crippen LogP contribution in [0.1, 0.15) is 96.5 Å². The molecule has 3 unspecified atom stereocenters. The Hall–Kier alpha value is -2.29. The van der Waals surface area contributed by atoms with Gasteiger partial charge < -0.3 is 25.7 Å². The van der Waals surface area contributed by atoms with Gasteiger partial charge in [0.05, 0.1) is 18.6 Å². The number of aliphatic hydroxyl groups excluding tert-OH is 2. The number of benzene rings is 1. The first-order chi connectivity index (χ1) is 17.6. The zero-order valence-electron chi connectivity index (χ0n) is 23.9. The normalized spacial score (nSPS) is 16.5. The molecular weight excluding hydrogens is 486 g/mol. The number of fused-ring (bicyclic) bond motifs is 1. The lowest BCUT2D eigenvalue weighted by Gasteiger charge is -2.33. The highest BCUT2D eigenvalue weighted by Gasteiger charge is 2.36. The number of anilines is 1. The lowest BCUT2D eigenvalue weighted by atomic mass is 9.73. The van der Waals surface area contributed by atoms with Crippen LogP contribution in [0.25, 0.3) is 0 Å². The average Bonchev–Trinajstić information content (AvgIpc) is 2.82. The van der Waals surface area contributed by atoms with Crippen LogP contribution in [0, 0.1) is 23.7 Å². The highest BCUT2D eigenvalue weighted by molar-refractivity contribution is 6.03. The third kappa shape index (κ3) is 8.61. The largest absolute Gasteiger partial charge is 0.507 e. The maximum Gasteiger partial charge on any atom is 0.167 e.